The van der Waals surface area contributed by atoms with E-state index in [4.69, 9.17) is 0 Å². The first-order valence-corrected chi connectivity index (χ1v) is 36.0. The van der Waals surface area contributed by atoms with Crippen LogP contribution in [0.4, 0.5) is 34.1 Å². The van der Waals surface area contributed by atoms with E-state index in [0.29, 0.717) is 0 Å². The molecule has 16 aromatic carbocycles. The SMILES string of the molecule is C1=Cc2ccc(-c3ccc4c(c3)C3(c5ccccc5-c5ccccc53)c3cc(N(c5ccccc5)c5ccccc5)ccc3-4)cc2C2(c3cc(-c4ccc5c(c4)C4(c6ccccc6-c6ccccc64)c4cc(N(c6ccccc6)c6ccccc6)ccc4-5)ccc31)c1ccccc1-c1ccccc12. The molecule has 478 valence electrons. The van der Waals surface area contributed by atoms with Crippen molar-refractivity contribution in [3.63, 3.8) is 0 Å². The smallest absolute Gasteiger partial charge is 0.0726 e. The summed E-state index contributed by atoms with van der Waals surface area (Å²) in [4.78, 5) is 4.82. The maximum absolute atomic E-state index is 2.57. The lowest BCUT2D eigenvalue weighted by molar-refractivity contribution is 0.767. The Balaban J connectivity index is 0.732. The maximum atomic E-state index is 2.57. The molecular formula is C101H64N2. The average Bonchev–Trinajstić information content (AvgIpc) is 1.52. The summed E-state index contributed by atoms with van der Waals surface area (Å²) in [7, 11) is 0. The van der Waals surface area contributed by atoms with Crippen LogP contribution in [0.5, 0.6) is 0 Å². The van der Waals surface area contributed by atoms with Gasteiger partial charge in [0.25, 0.3) is 0 Å². The number of benzene rings is 16. The van der Waals surface area contributed by atoms with Crippen LogP contribution in [-0.4, -0.2) is 0 Å². The molecule has 0 radical (unpaired) electrons. The molecule has 3 spiro atoms. The first-order chi connectivity index (χ1) is 51.1. The first kappa shape index (κ1) is 57.7. The van der Waals surface area contributed by atoms with Gasteiger partial charge in [0.05, 0.1) is 16.2 Å². The van der Waals surface area contributed by atoms with Crippen molar-refractivity contribution in [2.24, 2.45) is 0 Å². The molecule has 6 aliphatic rings. The summed E-state index contributed by atoms with van der Waals surface area (Å²) in [6.45, 7) is 0. The highest BCUT2D eigenvalue weighted by atomic mass is 15.1. The van der Waals surface area contributed by atoms with Crippen molar-refractivity contribution in [1.82, 2.24) is 0 Å². The van der Waals surface area contributed by atoms with E-state index in [1.807, 2.05) is 0 Å². The monoisotopic (exact) mass is 1300 g/mol. The molecule has 6 aliphatic carbocycles. The van der Waals surface area contributed by atoms with Crippen LogP contribution in [0.1, 0.15) is 77.9 Å². The van der Waals surface area contributed by atoms with Crippen LogP contribution in [0.2, 0.25) is 0 Å². The highest BCUT2D eigenvalue weighted by Gasteiger charge is 2.55. The Kier molecular flexibility index (Phi) is 12.3. The van der Waals surface area contributed by atoms with E-state index in [1.54, 1.807) is 0 Å². The van der Waals surface area contributed by atoms with Crippen molar-refractivity contribution < 1.29 is 0 Å². The molecule has 0 aliphatic heterocycles. The molecule has 0 heterocycles. The number of hydrogen-bond donors (Lipinski definition) is 0. The zero-order chi connectivity index (χ0) is 67.5. The number of anilines is 6. The third-order valence-electron chi connectivity index (χ3n) is 23.7. The summed E-state index contributed by atoms with van der Waals surface area (Å²) in [5.74, 6) is 0. The number of fused-ring (bicyclic) bond motifs is 29. The predicted molar refractivity (Wildman–Crippen MR) is 426 cm³/mol. The fourth-order valence-corrected chi connectivity index (χ4v) is 19.6. The van der Waals surface area contributed by atoms with Crippen LogP contribution in [0.15, 0.2) is 376 Å². The maximum Gasteiger partial charge on any atom is 0.0726 e. The quantitative estimate of drug-likeness (QED) is 0.150. The van der Waals surface area contributed by atoms with Crippen molar-refractivity contribution in [2.75, 3.05) is 9.80 Å². The summed E-state index contributed by atoms with van der Waals surface area (Å²) in [6, 6.07) is 143. The molecule has 2 heteroatoms. The van der Waals surface area contributed by atoms with E-state index in [2.05, 4.69) is 398 Å². The van der Waals surface area contributed by atoms with E-state index in [1.165, 1.54) is 156 Å². The van der Waals surface area contributed by atoms with Gasteiger partial charge in [0, 0.05) is 34.1 Å². The molecule has 103 heavy (non-hydrogen) atoms. The average molecular weight is 1310 g/mol. The zero-order valence-corrected chi connectivity index (χ0v) is 56.3. The van der Waals surface area contributed by atoms with Gasteiger partial charge in [0.2, 0.25) is 0 Å². The van der Waals surface area contributed by atoms with E-state index >= 15 is 0 Å². The van der Waals surface area contributed by atoms with Crippen LogP contribution in [0.25, 0.3) is 90.0 Å². The Hall–Kier alpha value is -13.1. The van der Waals surface area contributed by atoms with E-state index < -0.39 is 16.2 Å². The van der Waals surface area contributed by atoms with Gasteiger partial charge in [0.15, 0.2) is 0 Å². The van der Waals surface area contributed by atoms with Crippen molar-refractivity contribution in [1.29, 1.82) is 0 Å². The number of rotatable bonds is 8. The normalized spacial score (nSPS) is 14.2. The Labute approximate surface area is 600 Å². The van der Waals surface area contributed by atoms with Gasteiger partial charge < -0.3 is 9.80 Å². The highest BCUT2D eigenvalue weighted by Crippen LogP contribution is 2.67. The first-order valence-electron chi connectivity index (χ1n) is 36.0. The van der Waals surface area contributed by atoms with Gasteiger partial charge in [-0.25, -0.2) is 0 Å². The van der Waals surface area contributed by atoms with Gasteiger partial charge in [-0.1, -0.05) is 291 Å². The van der Waals surface area contributed by atoms with Crippen molar-refractivity contribution in [2.45, 2.75) is 16.2 Å². The topological polar surface area (TPSA) is 6.48 Å². The molecule has 2 nitrogen and oxygen atoms in total. The molecule has 0 bridgehead atoms. The fourth-order valence-electron chi connectivity index (χ4n) is 19.6. The summed E-state index contributed by atoms with van der Waals surface area (Å²) in [5.41, 5.74) is 40.3. The third-order valence-corrected chi connectivity index (χ3v) is 23.7. The third kappa shape index (κ3) is 7.87. The van der Waals surface area contributed by atoms with Crippen LogP contribution in [0, 0.1) is 0 Å². The number of hydrogen-bond acceptors (Lipinski definition) is 2. The minimum atomic E-state index is -0.706. The van der Waals surface area contributed by atoms with E-state index in [0.717, 1.165) is 34.1 Å². The molecule has 0 fully saturated rings. The second-order valence-electron chi connectivity index (χ2n) is 28.5. The van der Waals surface area contributed by atoms with Crippen LogP contribution >= 0.6 is 0 Å². The largest absolute Gasteiger partial charge is 0.310 e. The molecule has 22 rings (SSSR count). The van der Waals surface area contributed by atoms with E-state index in [9.17, 15) is 0 Å². The van der Waals surface area contributed by atoms with Gasteiger partial charge in [-0.15, -0.1) is 0 Å². The Morgan fingerprint density at radius 1 is 0.146 bits per heavy atom. The summed E-state index contributed by atoms with van der Waals surface area (Å²) >= 11 is 0. The van der Waals surface area contributed by atoms with Gasteiger partial charge in [-0.3, -0.25) is 0 Å². The van der Waals surface area contributed by atoms with Crippen molar-refractivity contribution >= 4 is 46.3 Å². The van der Waals surface area contributed by atoms with Crippen molar-refractivity contribution in [3.05, 3.63) is 454 Å². The summed E-state index contributed by atoms with van der Waals surface area (Å²) in [6.07, 6.45) is 4.78. The molecule has 0 saturated heterocycles. The molecule has 0 saturated carbocycles. The number of para-hydroxylation sites is 4. The second kappa shape index (κ2) is 21.9. The van der Waals surface area contributed by atoms with Gasteiger partial charge in [0.1, 0.15) is 0 Å². The lowest BCUT2D eigenvalue weighted by Gasteiger charge is -2.36. The Bertz CT molecular complexity index is 5710. The van der Waals surface area contributed by atoms with Crippen LogP contribution in [-0.2, 0) is 16.2 Å². The van der Waals surface area contributed by atoms with E-state index in [-0.39, 0.29) is 0 Å². The zero-order valence-electron chi connectivity index (χ0n) is 56.3. The molecule has 0 amide bonds. The molecule has 0 atom stereocenters. The lowest BCUT2D eigenvalue weighted by atomic mass is 9.65. The highest BCUT2D eigenvalue weighted by molar-refractivity contribution is 6.01. The number of nitrogens with zero attached hydrogens (tertiary/aromatic N) is 2. The minimum absolute atomic E-state index is 0.601. The standard InChI is InChI=1S/C101H64N2/c1-5-25-71(26-6-1)102(72-27-7-2-8-28-72)75-53-57-85-83-55-51-69(61-95(83)100(97(85)63-75)89-41-21-15-35-79(89)80-36-16-22-42-90(80)100)67-49-47-65-45-46-66-48-50-68(60-94(66)99(93(65)59-67)87-39-19-13-33-77(87)78-34-14-20-40-88(78)99)70-52-56-84-86-58-54-76(103(73-29-9-3-10-30-73)74-31-11-4-12-32-74)64-98(86)101(96(84)62-70)91-43-23-17-37-81(91)82-38-18-24-44-92(82)101/h1-64H. The Morgan fingerprint density at radius 2 is 0.359 bits per heavy atom. The molecule has 0 N–H and O–H groups in total. The predicted octanol–water partition coefficient (Wildman–Crippen LogP) is 25.5. The summed E-state index contributed by atoms with van der Waals surface area (Å²) < 4.78 is 0. The van der Waals surface area contributed by atoms with Crippen LogP contribution < -0.4 is 9.80 Å². The molecule has 0 unspecified atom stereocenters. The van der Waals surface area contributed by atoms with Crippen molar-refractivity contribution in [3.8, 4) is 77.9 Å². The fraction of sp³-hybridized carbons (Fsp3) is 0.0297. The second-order valence-corrected chi connectivity index (χ2v) is 28.5. The van der Waals surface area contributed by atoms with Gasteiger partial charge in [-0.05, 0) is 253 Å². The van der Waals surface area contributed by atoms with Gasteiger partial charge in [-0.2, -0.15) is 0 Å². The van der Waals surface area contributed by atoms with Crippen LogP contribution in [0.3, 0.4) is 0 Å². The molecular weight excluding hydrogens is 1240 g/mol. The minimum Gasteiger partial charge on any atom is -0.310 e. The molecule has 16 aromatic rings. The molecule has 0 aromatic heterocycles. The summed E-state index contributed by atoms with van der Waals surface area (Å²) in [5, 5.41) is 0. The van der Waals surface area contributed by atoms with Gasteiger partial charge >= 0.3 is 0 Å². The Morgan fingerprint density at radius 3 is 0.650 bits per heavy atom. The lowest BCUT2D eigenvalue weighted by Crippen LogP contribution is -2.30.